The lowest BCUT2D eigenvalue weighted by atomic mass is 9.91. The molecule has 0 N–H and O–H groups in total. The summed E-state index contributed by atoms with van der Waals surface area (Å²) in [5.41, 5.74) is 3.90. The zero-order valence-electron chi connectivity index (χ0n) is 12.0. The highest BCUT2D eigenvalue weighted by atomic mass is 16.5. The van der Waals surface area contributed by atoms with Crippen molar-refractivity contribution in [2.24, 2.45) is 5.92 Å². The molecule has 0 aliphatic carbocycles. The summed E-state index contributed by atoms with van der Waals surface area (Å²) in [5, 5.41) is 0. The lowest BCUT2D eigenvalue weighted by molar-refractivity contribution is 0.102. The van der Waals surface area contributed by atoms with Gasteiger partial charge in [0.2, 0.25) is 0 Å². The molecule has 1 rings (SSSR count). The normalized spacial score (nSPS) is 13.8. The van der Waals surface area contributed by atoms with E-state index in [1.54, 1.807) is 6.26 Å². The monoisotopic (exact) mass is 256 g/mol. The molecule has 0 aliphatic heterocycles. The van der Waals surface area contributed by atoms with Crippen LogP contribution in [0.1, 0.15) is 44.8 Å². The third kappa shape index (κ3) is 5.19. The summed E-state index contributed by atoms with van der Waals surface area (Å²) in [5.74, 6) is 0.386. The molecule has 2 atom stereocenters. The van der Waals surface area contributed by atoms with E-state index in [1.807, 2.05) is 6.07 Å². The molecular weight excluding hydrogens is 232 g/mol. The second-order valence-electron chi connectivity index (χ2n) is 4.58. The first kappa shape index (κ1) is 15.3. The third-order valence-electron chi connectivity index (χ3n) is 3.06. The highest BCUT2D eigenvalue weighted by Crippen LogP contribution is 2.31. The Morgan fingerprint density at radius 1 is 1.26 bits per heavy atom. The molecule has 0 heterocycles. The van der Waals surface area contributed by atoms with Crippen molar-refractivity contribution in [3.63, 3.8) is 0 Å². The summed E-state index contributed by atoms with van der Waals surface area (Å²) in [6.45, 7) is 7.93. The van der Waals surface area contributed by atoms with Crippen molar-refractivity contribution in [3.05, 3.63) is 66.6 Å². The second kappa shape index (κ2) is 9.24. The van der Waals surface area contributed by atoms with E-state index in [1.165, 1.54) is 5.56 Å². The molecule has 1 aromatic carbocycles. The zero-order chi connectivity index (χ0) is 13.9. The van der Waals surface area contributed by atoms with Crippen LogP contribution in [0.4, 0.5) is 0 Å². The van der Waals surface area contributed by atoms with Gasteiger partial charge in [0.15, 0.2) is 0 Å². The molecule has 0 fully saturated rings. The highest BCUT2D eigenvalue weighted by molar-refractivity contribution is 5.20. The largest absolute Gasteiger partial charge is 0.485 e. The smallest absolute Gasteiger partial charge is 0.130 e. The van der Waals surface area contributed by atoms with Crippen molar-refractivity contribution in [2.45, 2.75) is 39.2 Å². The maximum Gasteiger partial charge on any atom is 0.130 e. The Balaban J connectivity index is 2.98. The van der Waals surface area contributed by atoms with E-state index in [0.29, 0.717) is 5.92 Å². The van der Waals surface area contributed by atoms with E-state index < -0.39 is 0 Å². The van der Waals surface area contributed by atoms with Gasteiger partial charge < -0.3 is 4.74 Å². The van der Waals surface area contributed by atoms with Crippen LogP contribution in [0.3, 0.4) is 0 Å². The fourth-order valence-electron chi connectivity index (χ4n) is 2.18. The van der Waals surface area contributed by atoms with Gasteiger partial charge in [-0.1, -0.05) is 75.1 Å². The molecule has 102 valence electrons. The van der Waals surface area contributed by atoms with Crippen molar-refractivity contribution >= 4 is 0 Å². The Hall–Kier alpha value is -1.72. The van der Waals surface area contributed by atoms with E-state index in [9.17, 15) is 0 Å². The quantitative estimate of drug-likeness (QED) is 0.342. The van der Waals surface area contributed by atoms with Gasteiger partial charge in [-0.25, -0.2) is 0 Å². The van der Waals surface area contributed by atoms with Crippen molar-refractivity contribution in [1.82, 2.24) is 0 Å². The van der Waals surface area contributed by atoms with Crippen molar-refractivity contribution in [3.8, 4) is 0 Å². The molecule has 0 spiro atoms. The van der Waals surface area contributed by atoms with Gasteiger partial charge in [-0.3, -0.25) is 0 Å². The molecule has 0 amide bonds. The van der Waals surface area contributed by atoms with Gasteiger partial charge in [0.25, 0.3) is 0 Å². The van der Waals surface area contributed by atoms with Gasteiger partial charge in [-0.15, -0.1) is 0 Å². The zero-order valence-corrected chi connectivity index (χ0v) is 12.0. The predicted molar refractivity (Wildman–Crippen MR) is 81.8 cm³/mol. The van der Waals surface area contributed by atoms with Crippen LogP contribution in [0.15, 0.2) is 61.1 Å². The minimum atomic E-state index is 0.0400. The second-order valence-corrected chi connectivity index (χ2v) is 4.58. The lowest BCUT2D eigenvalue weighted by Crippen LogP contribution is -2.12. The Morgan fingerprint density at radius 3 is 2.58 bits per heavy atom. The molecule has 2 unspecified atom stereocenters. The van der Waals surface area contributed by atoms with Gasteiger partial charge in [0.05, 0.1) is 0 Å². The molecule has 0 bridgehead atoms. The summed E-state index contributed by atoms with van der Waals surface area (Å²) < 4.78 is 5.84. The van der Waals surface area contributed by atoms with Crippen LogP contribution >= 0.6 is 0 Å². The minimum absolute atomic E-state index is 0.0400. The van der Waals surface area contributed by atoms with Gasteiger partial charge in [0.1, 0.15) is 12.4 Å². The summed E-state index contributed by atoms with van der Waals surface area (Å²) in [7, 11) is 0. The van der Waals surface area contributed by atoms with E-state index in [4.69, 9.17) is 4.74 Å². The summed E-state index contributed by atoms with van der Waals surface area (Å²) in [6.07, 6.45) is 9.41. The molecule has 0 aliphatic rings. The van der Waals surface area contributed by atoms with E-state index in [-0.39, 0.29) is 6.10 Å². The molecular formula is C18H24O. The van der Waals surface area contributed by atoms with E-state index in [0.717, 1.165) is 19.3 Å². The number of allylic oxidation sites excluding steroid dienone is 1. The standard InChI is InChI=1S/C18H24O/c1-4-7-12-16(11-5-2)18(19-15-6-3)17-13-9-8-10-14-17/h7-10,12-16,18H,3-5,11H2,1-2H3/b12-7+. The number of ether oxygens (including phenoxy) is 1. The van der Waals surface area contributed by atoms with Crippen LogP contribution in [-0.4, -0.2) is 0 Å². The van der Waals surface area contributed by atoms with Crippen LogP contribution < -0.4 is 0 Å². The molecule has 1 heteroatoms. The summed E-state index contributed by atoms with van der Waals surface area (Å²) in [6, 6.07) is 10.4. The molecule has 19 heavy (non-hydrogen) atoms. The molecule has 1 nitrogen and oxygen atoms in total. The van der Waals surface area contributed by atoms with Crippen LogP contribution in [0.25, 0.3) is 0 Å². The fraction of sp³-hybridized carbons (Fsp3) is 0.389. The Kier molecular flexibility index (Phi) is 7.46. The van der Waals surface area contributed by atoms with Gasteiger partial charge >= 0.3 is 0 Å². The van der Waals surface area contributed by atoms with Crippen molar-refractivity contribution in [2.75, 3.05) is 0 Å². The molecule has 0 radical (unpaired) electrons. The SMILES string of the molecule is C=C=COC(c1ccccc1)C(/C=C/CC)CCC. The van der Waals surface area contributed by atoms with E-state index in [2.05, 4.69) is 62.6 Å². The number of hydrogen-bond donors (Lipinski definition) is 0. The minimum Gasteiger partial charge on any atom is -0.485 e. The lowest BCUT2D eigenvalue weighted by Gasteiger charge is -2.24. The highest BCUT2D eigenvalue weighted by Gasteiger charge is 2.20. The topological polar surface area (TPSA) is 9.23 Å². The number of benzene rings is 1. The maximum absolute atomic E-state index is 5.84. The molecule has 1 aromatic rings. The predicted octanol–water partition coefficient (Wildman–Crippen LogP) is 5.43. The van der Waals surface area contributed by atoms with Crippen molar-refractivity contribution in [1.29, 1.82) is 0 Å². The Bertz CT molecular complexity index is 413. The van der Waals surface area contributed by atoms with Crippen LogP contribution in [0.5, 0.6) is 0 Å². The average molecular weight is 256 g/mol. The first-order chi connectivity index (χ1) is 9.33. The molecule has 0 aromatic heterocycles. The van der Waals surface area contributed by atoms with Crippen molar-refractivity contribution < 1.29 is 4.74 Å². The average Bonchev–Trinajstić information content (AvgIpc) is 2.46. The van der Waals surface area contributed by atoms with Gasteiger partial charge in [-0.2, -0.15) is 0 Å². The Morgan fingerprint density at radius 2 is 2.00 bits per heavy atom. The molecule has 0 saturated heterocycles. The number of rotatable bonds is 8. The first-order valence-corrected chi connectivity index (χ1v) is 7.04. The van der Waals surface area contributed by atoms with Crippen LogP contribution in [0.2, 0.25) is 0 Å². The Labute approximate surface area is 117 Å². The van der Waals surface area contributed by atoms with Crippen LogP contribution in [0, 0.1) is 5.92 Å². The van der Waals surface area contributed by atoms with Crippen LogP contribution in [-0.2, 0) is 4.74 Å². The summed E-state index contributed by atoms with van der Waals surface area (Å²) >= 11 is 0. The summed E-state index contributed by atoms with van der Waals surface area (Å²) in [4.78, 5) is 0. The molecule has 0 saturated carbocycles. The number of hydrogen-bond acceptors (Lipinski definition) is 1. The van der Waals surface area contributed by atoms with Gasteiger partial charge in [0, 0.05) is 5.92 Å². The first-order valence-electron chi connectivity index (χ1n) is 7.04. The fourth-order valence-corrected chi connectivity index (χ4v) is 2.18. The maximum atomic E-state index is 5.84. The third-order valence-corrected chi connectivity index (χ3v) is 3.06. The van der Waals surface area contributed by atoms with E-state index >= 15 is 0 Å². The van der Waals surface area contributed by atoms with Gasteiger partial charge in [-0.05, 0) is 18.4 Å².